The van der Waals surface area contributed by atoms with Crippen LogP contribution in [0.4, 0.5) is 10.5 Å². The maximum absolute atomic E-state index is 13.5. The SMILES string of the molecule is Cc1ccc(CN2C(=O)OC(c3ccc(NC(=O)c4ccco4)cc3)C2C(=O)NCc2cccnc2)cc1. The summed E-state index contributed by atoms with van der Waals surface area (Å²) in [6.07, 6.45) is 3.35. The summed E-state index contributed by atoms with van der Waals surface area (Å²) in [5.41, 5.74) is 3.98. The highest BCUT2D eigenvalue weighted by Crippen LogP contribution is 2.34. The number of pyridine rings is 1. The van der Waals surface area contributed by atoms with Crippen molar-refractivity contribution in [2.45, 2.75) is 32.2 Å². The maximum Gasteiger partial charge on any atom is 0.411 e. The van der Waals surface area contributed by atoms with Crippen molar-refractivity contribution in [3.8, 4) is 0 Å². The van der Waals surface area contributed by atoms with Crippen LogP contribution in [-0.4, -0.2) is 33.8 Å². The molecular formula is C29H26N4O5. The second-order valence-corrected chi connectivity index (χ2v) is 9.00. The molecule has 3 heterocycles. The first-order valence-electron chi connectivity index (χ1n) is 12.1. The first-order chi connectivity index (χ1) is 18.5. The lowest BCUT2D eigenvalue weighted by molar-refractivity contribution is -0.126. The third-order valence-electron chi connectivity index (χ3n) is 6.26. The minimum Gasteiger partial charge on any atom is -0.459 e. The van der Waals surface area contributed by atoms with E-state index in [-0.39, 0.29) is 30.7 Å². The molecule has 3 amide bonds. The summed E-state index contributed by atoms with van der Waals surface area (Å²) in [6, 6.07) is 20.6. The molecule has 0 bridgehead atoms. The summed E-state index contributed by atoms with van der Waals surface area (Å²) in [4.78, 5) is 44.3. The van der Waals surface area contributed by atoms with Crippen LogP contribution in [0, 0.1) is 6.92 Å². The van der Waals surface area contributed by atoms with E-state index in [9.17, 15) is 14.4 Å². The number of aryl methyl sites for hydroxylation is 1. The smallest absolute Gasteiger partial charge is 0.411 e. The van der Waals surface area contributed by atoms with Crippen LogP contribution in [-0.2, 0) is 22.6 Å². The molecule has 9 heteroatoms. The highest BCUT2D eigenvalue weighted by molar-refractivity contribution is 6.02. The third-order valence-corrected chi connectivity index (χ3v) is 6.26. The number of nitrogens with zero attached hydrogens (tertiary/aromatic N) is 2. The van der Waals surface area contributed by atoms with Gasteiger partial charge in [0.2, 0.25) is 5.91 Å². The van der Waals surface area contributed by atoms with Crippen LogP contribution in [0.15, 0.2) is 95.9 Å². The van der Waals surface area contributed by atoms with E-state index in [2.05, 4.69) is 15.6 Å². The normalized spacial score (nSPS) is 16.7. The highest BCUT2D eigenvalue weighted by Gasteiger charge is 2.46. The topological polar surface area (TPSA) is 114 Å². The molecule has 2 aromatic heterocycles. The van der Waals surface area contributed by atoms with Gasteiger partial charge in [-0.3, -0.25) is 19.5 Å². The number of carbonyl (C=O) groups is 3. The summed E-state index contributed by atoms with van der Waals surface area (Å²) in [5, 5.41) is 5.67. The second-order valence-electron chi connectivity index (χ2n) is 9.00. The molecule has 2 N–H and O–H groups in total. The zero-order valence-corrected chi connectivity index (χ0v) is 20.7. The Hall–Kier alpha value is -4.92. The Kier molecular flexibility index (Phi) is 7.17. The largest absolute Gasteiger partial charge is 0.459 e. The number of hydrogen-bond acceptors (Lipinski definition) is 6. The molecule has 2 unspecified atom stereocenters. The van der Waals surface area contributed by atoms with Crippen molar-refractivity contribution in [1.82, 2.24) is 15.2 Å². The van der Waals surface area contributed by atoms with Gasteiger partial charge in [0.15, 0.2) is 17.9 Å². The lowest BCUT2D eigenvalue weighted by Crippen LogP contribution is -2.46. The predicted octanol–water partition coefficient (Wildman–Crippen LogP) is 4.61. The Morgan fingerprint density at radius 2 is 1.76 bits per heavy atom. The lowest BCUT2D eigenvalue weighted by atomic mass is 10.00. The molecule has 0 aliphatic carbocycles. The number of nitrogens with one attached hydrogen (secondary N) is 2. The lowest BCUT2D eigenvalue weighted by Gasteiger charge is -2.24. The minimum absolute atomic E-state index is 0.191. The number of aromatic nitrogens is 1. The van der Waals surface area contributed by atoms with Crippen molar-refractivity contribution in [2.75, 3.05) is 5.32 Å². The number of anilines is 1. The van der Waals surface area contributed by atoms with E-state index in [0.717, 1.165) is 16.7 Å². The number of rotatable bonds is 8. The Morgan fingerprint density at radius 1 is 0.974 bits per heavy atom. The zero-order chi connectivity index (χ0) is 26.5. The van der Waals surface area contributed by atoms with Gasteiger partial charge >= 0.3 is 6.09 Å². The van der Waals surface area contributed by atoms with Crippen molar-refractivity contribution in [3.63, 3.8) is 0 Å². The van der Waals surface area contributed by atoms with Crippen molar-refractivity contribution in [1.29, 1.82) is 0 Å². The van der Waals surface area contributed by atoms with Crippen molar-refractivity contribution in [2.24, 2.45) is 0 Å². The van der Waals surface area contributed by atoms with E-state index < -0.39 is 18.2 Å². The first-order valence-corrected chi connectivity index (χ1v) is 12.1. The summed E-state index contributed by atoms with van der Waals surface area (Å²) >= 11 is 0. The number of amides is 3. The molecule has 0 radical (unpaired) electrons. The number of ether oxygens (including phenoxy) is 1. The van der Waals surface area contributed by atoms with Crippen LogP contribution in [0.5, 0.6) is 0 Å². The number of cyclic esters (lactones) is 1. The predicted molar refractivity (Wildman–Crippen MR) is 139 cm³/mol. The molecular weight excluding hydrogens is 484 g/mol. The fraction of sp³-hybridized carbons (Fsp3) is 0.172. The maximum atomic E-state index is 13.5. The third kappa shape index (κ3) is 5.57. The zero-order valence-electron chi connectivity index (χ0n) is 20.7. The summed E-state index contributed by atoms with van der Waals surface area (Å²) in [5.74, 6) is -0.533. The van der Waals surface area contributed by atoms with E-state index in [1.165, 1.54) is 11.2 Å². The molecule has 5 rings (SSSR count). The van der Waals surface area contributed by atoms with E-state index in [1.807, 2.05) is 37.3 Å². The Morgan fingerprint density at radius 3 is 2.45 bits per heavy atom. The highest BCUT2D eigenvalue weighted by atomic mass is 16.6. The Labute approximate surface area is 219 Å². The molecule has 0 spiro atoms. The van der Waals surface area contributed by atoms with E-state index in [1.54, 1.807) is 54.9 Å². The molecule has 1 fully saturated rings. The minimum atomic E-state index is -0.899. The van der Waals surface area contributed by atoms with Gasteiger partial charge in [0.1, 0.15) is 0 Å². The van der Waals surface area contributed by atoms with Crippen LogP contribution < -0.4 is 10.6 Å². The molecule has 38 heavy (non-hydrogen) atoms. The van der Waals surface area contributed by atoms with Gasteiger partial charge in [-0.15, -0.1) is 0 Å². The van der Waals surface area contributed by atoms with Crippen LogP contribution in [0.3, 0.4) is 0 Å². The van der Waals surface area contributed by atoms with Gasteiger partial charge < -0.3 is 19.8 Å². The summed E-state index contributed by atoms with van der Waals surface area (Å²) < 4.78 is 10.9. The monoisotopic (exact) mass is 510 g/mol. The van der Waals surface area contributed by atoms with Crippen LogP contribution in [0.25, 0.3) is 0 Å². The van der Waals surface area contributed by atoms with Gasteiger partial charge in [-0.1, -0.05) is 48.0 Å². The van der Waals surface area contributed by atoms with Gasteiger partial charge in [0.05, 0.1) is 12.8 Å². The summed E-state index contributed by atoms with van der Waals surface area (Å²) in [6.45, 7) is 2.47. The number of hydrogen-bond donors (Lipinski definition) is 2. The molecule has 1 aliphatic heterocycles. The van der Waals surface area contributed by atoms with Gasteiger partial charge in [-0.05, 0) is 53.9 Å². The fourth-order valence-corrected chi connectivity index (χ4v) is 4.25. The van der Waals surface area contributed by atoms with Crippen molar-refractivity contribution >= 4 is 23.6 Å². The molecule has 4 aromatic rings. The standard InChI is InChI=1S/C29H26N4O5/c1-19-6-8-20(9-7-19)18-33-25(28(35)31-17-21-4-2-14-30-16-21)26(38-29(33)36)22-10-12-23(13-11-22)32-27(34)24-5-3-15-37-24/h2-16,25-26H,17-18H2,1H3,(H,31,35)(H,32,34). The van der Waals surface area contributed by atoms with E-state index >= 15 is 0 Å². The van der Waals surface area contributed by atoms with E-state index in [0.29, 0.717) is 11.3 Å². The Balaban J connectivity index is 1.37. The molecule has 1 aliphatic rings. The van der Waals surface area contributed by atoms with E-state index in [4.69, 9.17) is 9.15 Å². The second kappa shape index (κ2) is 11.0. The molecule has 0 saturated carbocycles. The van der Waals surface area contributed by atoms with Gasteiger partial charge in [-0.25, -0.2) is 4.79 Å². The molecule has 192 valence electrons. The number of furan rings is 1. The van der Waals surface area contributed by atoms with Crippen LogP contribution >= 0.6 is 0 Å². The molecule has 9 nitrogen and oxygen atoms in total. The van der Waals surface area contributed by atoms with Crippen molar-refractivity contribution < 1.29 is 23.5 Å². The molecule has 2 atom stereocenters. The Bertz CT molecular complexity index is 1400. The average Bonchev–Trinajstić information content (AvgIpc) is 3.59. The summed E-state index contributed by atoms with van der Waals surface area (Å²) in [7, 11) is 0. The van der Waals surface area contributed by atoms with Crippen molar-refractivity contribution in [3.05, 3.63) is 119 Å². The van der Waals surface area contributed by atoms with Gasteiger partial charge in [0, 0.05) is 24.6 Å². The average molecular weight is 511 g/mol. The van der Waals surface area contributed by atoms with Gasteiger partial charge in [-0.2, -0.15) is 0 Å². The number of benzene rings is 2. The van der Waals surface area contributed by atoms with Gasteiger partial charge in [0.25, 0.3) is 5.91 Å². The van der Waals surface area contributed by atoms with Crippen LogP contribution in [0.2, 0.25) is 0 Å². The number of carbonyl (C=O) groups excluding carboxylic acids is 3. The first kappa shape index (κ1) is 24.8. The quantitative estimate of drug-likeness (QED) is 0.358. The molecule has 2 aromatic carbocycles. The fourth-order valence-electron chi connectivity index (χ4n) is 4.25. The van der Waals surface area contributed by atoms with Crippen LogP contribution in [0.1, 0.15) is 38.9 Å². The molecule has 1 saturated heterocycles.